The maximum absolute atomic E-state index is 14.1. The summed E-state index contributed by atoms with van der Waals surface area (Å²) in [6.07, 6.45) is -0.578. The molecule has 1 amide bonds. The highest BCUT2D eigenvalue weighted by Gasteiger charge is 2.42. The Morgan fingerprint density at radius 2 is 1.54 bits per heavy atom. The fraction of sp³-hybridized carbons (Fsp3) is 0.207. The van der Waals surface area contributed by atoms with Crippen LogP contribution in [0.25, 0.3) is 10.9 Å². The third-order valence-electron chi connectivity index (χ3n) is 6.25. The molecular weight excluding hydrogens is 714 g/mol. The Hall–Kier alpha value is -3.65. The lowest BCUT2D eigenvalue weighted by atomic mass is 10.1. The predicted molar refractivity (Wildman–Crippen MR) is 179 cm³/mol. The molecule has 0 aliphatic rings. The number of halogens is 2. The Kier molecular flexibility index (Phi) is 9.42. The standard InChI is InChI=1S/C29H25Cl2N5O6S4/c1-29(2,3)42-28(37)33-16-18-6-4-7-19(14-18)17-35-21-9-5-8-20(15-32)26(21)27(34-35)36(45(38,39)24-12-10-22(30)43-24)46(40,41)25-13-11-23(31)44-25/h4-14H,16-17H2,1-3H3,(H,33,37). The first-order valence-corrected chi connectivity index (χ1v) is 18.6. The van der Waals surface area contributed by atoms with Crippen LogP contribution in [0.15, 0.2) is 75.1 Å². The highest BCUT2D eigenvalue weighted by Crippen LogP contribution is 2.40. The van der Waals surface area contributed by atoms with Gasteiger partial charge in [-0.05, 0) is 68.3 Å². The van der Waals surface area contributed by atoms with Crippen molar-refractivity contribution >= 4 is 88.7 Å². The molecule has 0 aliphatic heterocycles. The van der Waals surface area contributed by atoms with Crippen LogP contribution in [0.2, 0.25) is 8.67 Å². The van der Waals surface area contributed by atoms with Crippen molar-refractivity contribution in [3.8, 4) is 6.07 Å². The van der Waals surface area contributed by atoms with Gasteiger partial charge in [0.1, 0.15) is 14.0 Å². The van der Waals surface area contributed by atoms with Crippen LogP contribution < -0.4 is 9.03 Å². The van der Waals surface area contributed by atoms with E-state index in [1.165, 1.54) is 35.0 Å². The van der Waals surface area contributed by atoms with E-state index in [9.17, 15) is 26.9 Å². The van der Waals surface area contributed by atoms with Crippen molar-refractivity contribution in [3.05, 3.63) is 92.1 Å². The predicted octanol–water partition coefficient (Wildman–Crippen LogP) is 6.99. The molecule has 0 fully saturated rings. The number of benzene rings is 2. The van der Waals surface area contributed by atoms with Gasteiger partial charge in [0.05, 0.1) is 37.8 Å². The smallest absolute Gasteiger partial charge is 0.407 e. The summed E-state index contributed by atoms with van der Waals surface area (Å²) in [7, 11) is -9.67. The minimum Gasteiger partial charge on any atom is -0.444 e. The number of hydrogen-bond donors (Lipinski definition) is 1. The maximum atomic E-state index is 14.1. The Labute approximate surface area is 283 Å². The maximum Gasteiger partial charge on any atom is 0.407 e. The fourth-order valence-corrected chi connectivity index (χ4v) is 11.4. The first kappa shape index (κ1) is 33.7. The van der Waals surface area contributed by atoms with Crippen LogP contribution >= 0.6 is 45.9 Å². The fourth-order valence-electron chi connectivity index (χ4n) is 4.44. The van der Waals surface area contributed by atoms with Gasteiger partial charge in [-0.1, -0.05) is 53.5 Å². The highest BCUT2D eigenvalue weighted by atomic mass is 35.5. The second kappa shape index (κ2) is 12.9. The number of nitriles is 1. The number of rotatable bonds is 9. The summed E-state index contributed by atoms with van der Waals surface area (Å²) >= 11 is 13.5. The monoisotopic (exact) mass is 737 g/mol. The highest BCUT2D eigenvalue weighted by molar-refractivity contribution is 8.11. The number of aromatic nitrogens is 2. The van der Waals surface area contributed by atoms with Crippen LogP contribution in [0.4, 0.5) is 10.6 Å². The van der Waals surface area contributed by atoms with E-state index in [0.29, 0.717) is 33.8 Å². The SMILES string of the molecule is CC(C)(C)OC(=O)NCc1cccc(Cn2nc(N(S(=O)(=O)c3ccc(Cl)s3)S(=O)(=O)c3ccc(Cl)s3)c3c(C#N)cccc32)c1. The molecule has 240 valence electrons. The molecule has 46 heavy (non-hydrogen) atoms. The minimum absolute atomic E-state index is 0.0119. The number of sulfonamides is 2. The summed E-state index contributed by atoms with van der Waals surface area (Å²) in [5, 5.41) is 17.3. The summed E-state index contributed by atoms with van der Waals surface area (Å²) in [5.41, 5.74) is 1.11. The number of hydrogen-bond acceptors (Lipinski definition) is 10. The number of thiophene rings is 2. The number of alkyl carbamates (subject to hydrolysis) is 1. The van der Waals surface area contributed by atoms with Crippen molar-refractivity contribution in [3.63, 3.8) is 0 Å². The second-order valence-electron chi connectivity index (χ2n) is 10.8. The topological polar surface area (TPSA) is 151 Å². The molecule has 5 aromatic rings. The first-order valence-electron chi connectivity index (χ1n) is 13.4. The van der Waals surface area contributed by atoms with Crippen LogP contribution in [0.1, 0.15) is 37.5 Å². The quantitative estimate of drug-likeness (QED) is 0.170. The van der Waals surface area contributed by atoms with Gasteiger partial charge in [0.25, 0.3) is 20.0 Å². The van der Waals surface area contributed by atoms with Crippen molar-refractivity contribution in [2.75, 3.05) is 3.71 Å². The van der Waals surface area contributed by atoms with E-state index in [4.69, 9.17) is 27.9 Å². The van der Waals surface area contributed by atoms with E-state index < -0.39 is 37.6 Å². The lowest BCUT2D eigenvalue weighted by molar-refractivity contribution is 0.0523. The van der Waals surface area contributed by atoms with Crippen LogP contribution in [-0.2, 0) is 37.9 Å². The molecule has 0 spiro atoms. The third-order valence-corrected chi connectivity index (χ3v) is 13.8. The number of fused-ring (bicyclic) bond motifs is 1. The van der Waals surface area contributed by atoms with Gasteiger partial charge in [-0.2, -0.15) is 27.2 Å². The van der Waals surface area contributed by atoms with Crippen LogP contribution in [0.3, 0.4) is 0 Å². The molecule has 0 bridgehead atoms. The summed E-state index contributed by atoms with van der Waals surface area (Å²) in [4.78, 5) is 12.2. The largest absolute Gasteiger partial charge is 0.444 e. The Balaban J connectivity index is 1.63. The molecule has 1 N–H and O–H groups in total. The molecule has 2 aromatic carbocycles. The number of nitrogens with zero attached hydrogens (tertiary/aromatic N) is 4. The first-order chi connectivity index (χ1) is 21.6. The van der Waals surface area contributed by atoms with Crippen LogP contribution in [-0.4, -0.2) is 38.3 Å². The summed E-state index contributed by atoms with van der Waals surface area (Å²) in [6, 6.07) is 19.0. The molecule has 0 atom stereocenters. The Morgan fingerprint density at radius 1 is 0.957 bits per heavy atom. The number of amides is 1. The molecule has 0 aliphatic carbocycles. The zero-order chi connectivity index (χ0) is 33.4. The average molecular weight is 739 g/mol. The summed E-state index contributed by atoms with van der Waals surface area (Å²) in [6.45, 7) is 5.52. The van der Waals surface area contributed by atoms with Gasteiger partial charge in [0.15, 0.2) is 5.82 Å². The van der Waals surface area contributed by atoms with Gasteiger partial charge in [-0.3, -0.25) is 4.68 Å². The van der Waals surface area contributed by atoms with Crippen molar-refractivity contribution in [1.82, 2.24) is 15.1 Å². The molecule has 3 aromatic heterocycles. The van der Waals surface area contributed by atoms with Crippen LogP contribution in [0, 0.1) is 11.3 Å². The normalized spacial score (nSPS) is 12.2. The number of carbonyl (C=O) groups excluding carboxylic acids is 1. The van der Waals surface area contributed by atoms with Crippen molar-refractivity contribution in [1.29, 1.82) is 5.26 Å². The van der Waals surface area contributed by atoms with E-state index in [-0.39, 0.29) is 44.8 Å². The minimum atomic E-state index is -4.84. The van der Waals surface area contributed by atoms with E-state index in [1.54, 1.807) is 51.1 Å². The van der Waals surface area contributed by atoms with E-state index >= 15 is 0 Å². The second-order valence-corrected chi connectivity index (χ2v) is 18.5. The number of ether oxygens (including phenoxy) is 1. The molecule has 3 heterocycles. The van der Waals surface area contributed by atoms with Crippen molar-refractivity contribution in [2.45, 2.75) is 47.9 Å². The van der Waals surface area contributed by atoms with Gasteiger partial charge in [0, 0.05) is 6.54 Å². The molecule has 11 nitrogen and oxygen atoms in total. The molecule has 5 rings (SSSR count). The van der Waals surface area contributed by atoms with E-state index in [1.807, 2.05) is 12.1 Å². The average Bonchev–Trinajstić information content (AvgIpc) is 3.71. The molecular formula is C29H25Cl2N5O6S4. The molecule has 0 radical (unpaired) electrons. The lowest BCUT2D eigenvalue weighted by Crippen LogP contribution is -2.37. The zero-order valence-corrected chi connectivity index (χ0v) is 29.2. The van der Waals surface area contributed by atoms with Crippen molar-refractivity contribution < 1.29 is 26.4 Å². The molecule has 0 saturated carbocycles. The zero-order valence-electron chi connectivity index (χ0n) is 24.4. The van der Waals surface area contributed by atoms with Crippen molar-refractivity contribution in [2.24, 2.45) is 0 Å². The molecule has 0 unspecified atom stereocenters. The summed E-state index contributed by atoms with van der Waals surface area (Å²) in [5.74, 6) is -0.482. The van der Waals surface area contributed by atoms with Gasteiger partial charge in [-0.15, -0.1) is 26.4 Å². The van der Waals surface area contributed by atoms with E-state index in [2.05, 4.69) is 10.4 Å². The lowest BCUT2D eigenvalue weighted by Gasteiger charge is -2.21. The third kappa shape index (κ3) is 7.02. The van der Waals surface area contributed by atoms with E-state index in [0.717, 1.165) is 5.56 Å². The number of nitrogens with one attached hydrogen (secondary N) is 1. The number of carbonyl (C=O) groups is 1. The van der Waals surface area contributed by atoms with Gasteiger partial charge < -0.3 is 10.1 Å². The number of anilines is 1. The Bertz CT molecular complexity index is 2140. The Morgan fingerprint density at radius 3 is 2.09 bits per heavy atom. The summed E-state index contributed by atoms with van der Waals surface area (Å²) < 4.78 is 63.1. The molecule has 0 saturated heterocycles. The van der Waals surface area contributed by atoms with Gasteiger partial charge in [0.2, 0.25) is 0 Å². The van der Waals surface area contributed by atoms with Gasteiger partial charge in [-0.25, -0.2) is 4.79 Å². The van der Waals surface area contributed by atoms with Crippen LogP contribution in [0.5, 0.6) is 0 Å². The van der Waals surface area contributed by atoms with Gasteiger partial charge >= 0.3 is 6.09 Å². The molecule has 17 heteroatoms.